The first-order valence-corrected chi connectivity index (χ1v) is 4.86. The number of rotatable bonds is 3. The number of nitrogens with one attached hydrogen (secondary N) is 1. The zero-order valence-electron chi connectivity index (χ0n) is 8.93. The fourth-order valence-corrected chi connectivity index (χ4v) is 1.44. The van der Waals surface area contributed by atoms with Gasteiger partial charge in [0.25, 0.3) is 0 Å². The van der Waals surface area contributed by atoms with E-state index in [9.17, 15) is 13.2 Å². The molecule has 0 fully saturated rings. The number of oxazole rings is 1. The van der Waals surface area contributed by atoms with Gasteiger partial charge in [-0.05, 0) is 7.05 Å². The summed E-state index contributed by atoms with van der Waals surface area (Å²) in [5.74, 6) is -2.78. The third kappa shape index (κ3) is 2.31. The molecule has 1 heterocycles. The predicted octanol–water partition coefficient (Wildman–Crippen LogP) is 2.48. The van der Waals surface area contributed by atoms with E-state index < -0.39 is 23.0 Å². The normalized spacial score (nSPS) is 10.8. The van der Waals surface area contributed by atoms with Gasteiger partial charge in [-0.3, -0.25) is 0 Å². The Labute approximate surface area is 95.3 Å². The number of halogens is 3. The topological polar surface area (TPSA) is 38.1 Å². The first kappa shape index (κ1) is 11.7. The summed E-state index contributed by atoms with van der Waals surface area (Å²) in [5.41, 5.74) is -0.416. The molecule has 0 radical (unpaired) electrons. The minimum atomic E-state index is -1.02. The van der Waals surface area contributed by atoms with E-state index in [4.69, 9.17) is 4.42 Å². The standard InChI is InChI=1S/C11H9F3N2O/c1-15-5-10-16-4-9(17-10)11-7(13)2-6(12)3-8(11)14/h2-4,15H,5H2,1H3. The Morgan fingerprint density at radius 2 is 1.88 bits per heavy atom. The Kier molecular flexibility index (Phi) is 3.14. The molecular formula is C11H9F3N2O. The zero-order valence-corrected chi connectivity index (χ0v) is 8.93. The van der Waals surface area contributed by atoms with E-state index in [2.05, 4.69) is 10.3 Å². The molecule has 6 heteroatoms. The molecule has 0 amide bonds. The molecule has 0 saturated carbocycles. The summed E-state index contributed by atoms with van der Waals surface area (Å²) in [6, 6.07) is 1.19. The summed E-state index contributed by atoms with van der Waals surface area (Å²) in [4.78, 5) is 3.83. The van der Waals surface area contributed by atoms with E-state index in [1.165, 1.54) is 6.20 Å². The van der Waals surface area contributed by atoms with E-state index in [1.807, 2.05) is 0 Å². The van der Waals surface area contributed by atoms with E-state index in [0.717, 1.165) is 0 Å². The Balaban J connectivity index is 2.45. The molecule has 2 rings (SSSR count). The number of nitrogens with zero attached hydrogens (tertiary/aromatic N) is 1. The van der Waals surface area contributed by atoms with Gasteiger partial charge in [0.1, 0.15) is 17.5 Å². The van der Waals surface area contributed by atoms with E-state index >= 15 is 0 Å². The van der Waals surface area contributed by atoms with Gasteiger partial charge in [-0.1, -0.05) is 0 Å². The van der Waals surface area contributed by atoms with Crippen LogP contribution in [-0.4, -0.2) is 12.0 Å². The average molecular weight is 242 g/mol. The number of benzene rings is 1. The van der Waals surface area contributed by atoms with Crippen LogP contribution in [0.2, 0.25) is 0 Å². The predicted molar refractivity (Wildman–Crippen MR) is 54.6 cm³/mol. The van der Waals surface area contributed by atoms with Crippen molar-refractivity contribution in [2.24, 2.45) is 0 Å². The van der Waals surface area contributed by atoms with Gasteiger partial charge in [0.05, 0.1) is 18.3 Å². The van der Waals surface area contributed by atoms with Crippen molar-refractivity contribution in [1.29, 1.82) is 0 Å². The molecule has 1 aromatic carbocycles. The lowest BCUT2D eigenvalue weighted by Gasteiger charge is -2.01. The Hall–Kier alpha value is -1.82. The van der Waals surface area contributed by atoms with Crippen LogP contribution in [0.5, 0.6) is 0 Å². The fraction of sp³-hybridized carbons (Fsp3) is 0.182. The molecule has 3 nitrogen and oxygen atoms in total. The Bertz CT molecular complexity index is 516. The van der Waals surface area contributed by atoms with Crippen LogP contribution in [0.1, 0.15) is 5.89 Å². The van der Waals surface area contributed by atoms with E-state index in [0.29, 0.717) is 24.6 Å². The van der Waals surface area contributed by atoms with Crippen LogP contribution in [0.4, 0.5) is 13.2 Å². The van der Waals surface area contributed by atoms with Crippen molar-refractivity contribution < 1.29 is 17.6 Å². The molecule has 0 aliphatic rings. The van der Waals surface area contributed by atoms with Gasteiger partial charge in [0, 0.05) is 12.1 Å². The average Bonchev–Trinajstić information content (AvgIpc) is 2.65. The molecule has 1 N–H and O–H groups in total. The van der Waals surface area contributed by atoms with Crippen molar-refractivity contribution >= 4 is 0 Å². The molecule has 0 aliphatic heterocycles. The second-order valence-electron chi connectivity index (χ2n) is 3.39. The van der Waals surface area contributed by atoms with Gasteiger partial charge in [-0.2, -0.15) is 0 Å². The molecule has 90 valence electrons. The van der Waals surface area contributed by atoms with Crippen molar-refractivity contribution in [1.82, 2.24) is 10.3 Å². The monoisotopic (exact) mass is 242 g/mol. The fourth-order valence-electron chi connectivity index (χ4n) is 1.44. The Morgan fingerprint density at radius 3 is 2.47 bits per heavy atom. The SMILES string of the molecule is CNCc1ncc(-c2c(F)cc(F)cc2F)o1. The highest BCUT2D eigenvalue weighted by Gasteiger charge is 2.17. The highest BCUT2D eigenvalue weighted by molar-refractivity contribution is 5.58. The van der Waals surface area contributed by atoms with Crippen molar-refractivity contribution in [3.63, 3.8) is 0 Å². The van der Waals surface area contributed by atoms with Crippen LogP contribution < -0.4 is 5.32 Å². The Morgan fingerprint density at radius 1 is 1.24 bits per heavy atom. The molecule has 0 bridgehead atoms. The summed E-state index contributed by atoms with van der Waals surface area (Å²) in [6.45, 7) is 0.338. The summed E-state index contributed by atoms with van der Waals surface area (Å²) in [5, 5.41) is 2.78. The van der Waals surface area contributed by atoms with Crippen LogP contribution in [0.25, 0.3) is 11.3 Å². The lowest BCUT2D eigenvalue weighted by Crippen LogP contribution is -2.04. The molecular weight excluding hydrogens is 233 g/mol. The van der Waals surface area contributed by atoms with Gasteiger partial charge in [-0.15, -0.1) is 0 Å². The zero-order chi connectivity index (χ0) is 12.4. The first-order chi connectivity index (χ1) is 8.11. The molecule has 17 heavy (non-hydrogen) atoms. The molecule has 0 aliphatic carbocycles. The summed E-state index contributed by atoms with van der Waals surface area (Å²) in [6.07, 6.45) is 1.20. The van der Waals surface area contributed by atoms with Crippen LogP contribution in [0.3, 0.4) is 0 Å². The van der Waals surface area contributed by atoms with Crippen LogP contribution in [0, 0.1) is 17.5 Å². The highest BCUT2D eigenvalue weighted by atomic mass is 19.1. The van der Waals surface area contributed by atoms with Gasteiger partial charge in [0.2, 0.25) is 5.89 Å². The van der Waals surface area contributed by atoms with Gasteiger partial charge < -0.3 is 9.73 Å². The molecule has 0 unspecified atom stereocenters. The van der Waals surface area contributed by atoms with Gasteiger partial charge >= 0.3 is 0 Å². The first-order valence-electron chi connectivity index (χ1n) is 4.86. The second kappa shape index (κ2) is 4.58. The molecule has 0 atom stereocenters. The number of aromatic nitrogens is 1. The third-order valence-electron chi connectivity index (χ3n) is 2.13. The van der Waals surface area contributed by atoms with Crippen molar-refractivity contribution in [2.75, 3.05) is 7.05 Å². The van der Waals surface area contributed by atoms with Crippen molar-refractivity contribution in [3.05, 3.63) is 41.7 Å². The minimum Gasteiger partial charge on any atom is -0.439 e. The van der Waals surface area contributed by atoms with Crippen LogP contribution in [-0.2, 0) is 6.54 Å². The lowest BCUT2D eigenvalue weighted by atomic mass is 10.1. The molecule has 0 spiro atoms. The molecule has 0 saturated heterocycles. The van der Waals surface area contributed by atoms with Gasteiger partial charge in [-0.25, -0.2) is 18.2 Å². The van der Waals surface area contributed by atoms with E-state index in [1.54, 1.807) is 7.05 Å². The molecule has 2 aromatic rings. The van der Waals surface area contributed by atoms with Crippen LogP contribution in [0.15, 0.2) is 22.7 Å². The minimum absolute atomic E-state index is 0.0646. The quantitative estimate of drug-likeness (QED) is 0.898. The number of hydrogen-bond donors (Lipinski definition) is 1. The maximum atomic E-state index is 13.4. The van der Waals surface area contributed by atoms with Crippen molar-refractivity contribution in [2.45, 2.75) is 6.54 Å². The largest absolute Gasteiger partial charge is 0.439 e. The number of hydrogen-bond acceptors (Lipinski definition) is 3. The second-order valence-corrected chi connectivity index (χ2v) is 3.39. The summed E-state index contributed by atoms with van der Waals surface area (Å²) < 4.78 is 44.7. The van der Waals surface area contributed by atoms with Crippen LogP contribution >= 0.6 is 0 Å². The maximum Gasteiger partial charge on any atom is 0.208 e. The summed E-state index contributed by atoms with van der Waals surface area (Å²) in [7, 11) is 1.68. The summed E-state index contributed by atoms with van der Waals surface area (Å²) >= 11 is 0. The highest BCUT2D eigenvalue weighted by Crippen LogP contribution is 2.27. The third-order valence-corrected chi connectivity index (χ3v) is 2.13. The maximum absolute atomic E-state index is 13.4. The smallest absolute Gasteiger partial charge is 0.208 e. The lowest BCUT2D eigenvalue weighted by molar-refractivity contribution is 0.480. The van der Waals surface area contributed by atoms with Crippen molar-refractivity contribution in [3.8, 4) is 11.3 Å². The molecule has 1 aromatic heterocycles. The van der Waals surface area contributed by atoms with Gasteiger partial charge in [0.15, 0.2) is 5.76 Å². The van der Waals surface area contributed by atoms with E-state index in [-0.39, 0.29) is 5.76 Å².